The Bertz CT molecular complexity index is 1260. The molecule has 34 heavy (non-hydrogen) atoms. The van der Waals surface area contributed by atoms with Gasteiger partial charge in [-0.15, -0.1) is 0 Å². The molecule has 1 aromatic heterocycles. The molecule has 0 saturated heterocycles. The highest BCUT2D eigenvalue weighted by molar-refractivity contribution is 6.31. The molecule has 0 aliphatic rings. The van der Waals surface area contributed by atoms with Crippen molar-refractivity contribution in [2.75, 3.05) is 21.3 Å². The molecular weight excluding hydrogens is 477 g/mol. The van der Waals surface area contributed by atoms with Crippen LogP contribution >= 0.6 is 23.2 Å². The number of hydrogen-bond acceptors (Lipinski definition) is 5. The van der Waals surface area contributed by atoms with Crippen LogP contribution in [0.4, 0.5) is 32.9 Å². The molecule has 0 aliphatic carbocycles. The zero-order valence-corrected chi connectivity index (χ0v) is 18.9. The highest BCUT2D eigenvalue weighted by Gasteiger charge is 2.14. The number of carbonyl (C=O) groups excluding carboxylic acids is 2. The van der Waals surface area contributed by atoms with E-state index in [0.29, 0.717) is 27.0 Å². The van der Waals surface area contributed by atoms with Gasteiger partial charge in [0.2, 0.25) is 11.9 Å². The van der Waals surface area contributed by atoms with Gasteiger partial charge >= 0.3 is 12.1 Å². The van der Waals surface area contributed by atoms with Crippen LogP contribution in [0.2, 0.25) is 10.0 Å². The van der Waals surface area contributed by atoms with E-state index in [9.17, 15) is 9.59 Å². The number of benzene rings is 3. The number of nitrogens with one attached hydrogen (secondary N) is 4. The molecule has 4 rings (SSSR count). The maximum Gasteiger partial charge on any atom is 0.326 e. The maximum absolute atomic E-state index is 12.5. The third-order valence-corrected chi connectivity index (χ3v) is 4.75. The van der Waals surface area contributed by atoms with E-state index in [4.69, 9.17) is 23.2 Å². The molecule has 4 amide bonds. The minimum absolute atomic E-state index is 0.0635. The minimum Gasteiger partial charge on any atom is -0.308 e. The van der Waals surface area contributed by atoms with Crippen molar-refractivity contribution in [3.63, 3.8) is 0 Å². The van der Waals surface area contributed by atoms with E-state index in [-0.39, 0.29) is 17.7 Å². The number of halogens is 2. The fraction of sp³-hybridized carbons (Fsp3) is 0. The molecule has 0 atom stereocenters. The van der Waals surface area contributed by atoms with Crippen LogP contribution in [-0.2, 0) is 0 Å². The van der Waals surface area contributed by atoms with Gasteiger partial charge in [-0.05, 0) is 36.4 Å². The predicted molar refractivity (Wildman–Crippen MR) is 133 cm³/mol. The molecule has 0 bridgehead atoms. The van der Waals surface area contributed by atoms with Gasteiger partial charge in [-0.3, -0.25) is 10.6 Å². The van der Waals surface area contributed by atoms with Crippen molar-refractivity contribution in [1.29, 1.82) is 0 Å². The van der Waals surface area contributed by atoms with Crippen LogP contribution < -0.4 is 21.3 Å². The molecule has 0 spiro atoms. The van der Waals surface area contributed by atoms with Crippen LogP contribution in [0.3, 0.4) is 0 Å². The summed E-state index contributed by atoms with van der Waals surface area (Å²) in [5, 5.41) is 11.3. The van der Waals surface area contributed by atoms with Crippen molar-refractivity contribution in [3.8, 4) is 11.4 Å². The summed E-state index contributed by atoms with van der Waals surface area (Å²) in [6.07, 6.45) is 0. The SMILES string of the molecule is O=C(Nc1cccc(Cl)c1)Nc1nc(NC(=O)Nc2cccc(Cl)c2)nc(-c2ccccc2)n1. The van der Waals surface area contributed by atoms with Crippen molar-refractivity contribution in [2.45, 2.75) is 0 Å². The van der Waals surface area contributed by atoms with Crippen molar-refractivity contribution in [1.82, 2.24) is 15.0 Å². The number of amides is 4. The van der Waals surface area contributed by atoms with Crippen LogP contribution in [0, 0.1) is 0 Å². The second kappa shape index (κ2) is 10.6. The van der Waals surface area contributed by atoms with E-state index in [1.54, 1.807) is 60.7 Å². The van der Waals surface area contributed by atoms with Gasteiger partial charge in [0.25, 0.3) is 0 Å². The first-order valence-electron chi connectivity index (χ1n) is 9.93. The van der Waals surface area contributed by atoms with Gasteiger partial charge in [0.15, 0.2) is 5.82 Å². The second-order valence-corrected chi connectivity index (χ2v) is 7.72. The van der Waals surface area contributed by atoms with Gasteiger partial charge in [0.05, 0.1) is 0 Å². The van der Waals surface area contributed by atoms with Gasteiger partial charge in [0.1, 0.15) is 0 Å². The minimum atomic E-state index is -0.596. The lowest BCUT2D eigenvalue weighted by Crippen LogP contribution is -2.24. The molecule has 0 radical (unpaired) electrons. The van der Waals surface area contributed by atoms with E-state index in [0.717, 1.165) is 0 Å². The fourth-order valence-electron chi connectivity index (χ4n) is 2.86. The van der Waals surface area contributed by atoms with Gasteiger partial charge in [-0.2, -0.15) is 15.0 Å². The Morgan fingerprint density at radius 1 is 0.588 bits per heavy atom. The number of rotatable bonds is 5. The number of urea groups is 2. The van der Waals surface area contributed by atoms with E-state index in [1.807, 2.05) is 18.2 Å². The first-order chi connectivity index (χ1) is 16.4. The van der Waals surface area contributed by atoms with Crippen LogP contribution in [0.25, 0.3) is 11.4 Å². The summed E-state index contributed by atoms with van der Waals surface area (Å²) in [5.74, 6) is 0.129. The number of nitrogens with zero attached hydrogens (tertiary/aromatic N) is 3. The van der Waals surface area contributed by atoms with Gasteiger partial charge < -0.3 is 10.6 Å². The van der Waals surface area contributed by atoms with Crippen molar-refractivity contribution < 1.29 is 9.59 Å². The Morgan fingerprint density at radius 3 is 1.56 bits per heavy atom. The predicted octanol–water partition coefficient (Wildman–Crippen LogP) is 6.13. The van der Waals surface area contributed by atoms with E-state index < -0.39 is 12.1 Å². The largest absolute Gasteiger partial charge is 0.326 e. The number of aromatic nitrogens is 3. The summed E-state index contributed by atoms with van der Waals surface area (Å²) in [6, 6.07) is 21.2. The number of carbonyl (C=O) groups is 2. The molecule has 0 unspecified atom stereocenters. The first-order valence-corrected chi connectivity index (χ1v) is 10.7. The van der Waals surface area contributed by atoms with Crippen molar-refractivity contribution in [3.05, 3.63) is 88.9 Å². The average molecular weight is 494 g/mol. The third kappa shape index (κ3) is 6.41. The molecule has 11 heteroatoms. The average Bonchev–Trinajstić information content (AvgIpc) is 2.79. The Balaban J connectivity index is 1.55. The maximum atomic E-state index is 12.5. The van der Waals surface area contributed by atoms with E-state index >= 15 is 0 Å². The lowest BCUT2D eigenvalue weighted by atomic mass is 10.2. The fourth-order valence-corrected chi connectivity index (χ4v) is 3.24. The molecule has 1 heterocycles. The molecular formula is C23H17Cl2N7O2. The van der Waals surface area contributed by atoms with Gasteiger partial charge in [-0.1, -0.05) is 65.7 Å². The molecule has 170 valence electrons. The van der Waals surface area contributed by atoms with E-state index in [1.165, 1.54) is 0 Å². The summed E-state index contributed by atoms with van der Waals surface area (Å²) in [5.41, 5.74) is 1.64. The number of anilines is 4. The van der Waals surface area contributed by atoms with Gasteiger partial charge in [-0.25, -0.2) is 9.59 Å². The Hall–Kier alpha value is -4.21. The zero-order valence-electron chi connectivity index (χ0n) is 17.4. The summed E-state index contributed by atoms with van der Waals surface area (Å²) in [6.45, 7) is 0. The highest BCUT2D eigenvalue weighted by atomic mass is 35.5. The van der Waals surface area contributed by atoms with Crippen molar-refractivity contribution in [2.24, 2.45) is 0 Å². The van der Waals surface area contributed by atoms with E-state index in [2.05, 4.69) is 36.2 Å². The Morgan fingerprint density at radius 2 is 1.09 bits per heavy atom. The molecule has 3 aromatic carbocycles. The molecule has 4 N–H and O–H groups in total. The summed E-state index contributed by atoms with van der Waals surface area (Å²) < 4.78 is 0. The summed E-state index contributed by atoms with van der Waals surface area (Å²) in [4.78, 5) is 37.7. The van der Waals surface area contributed by atoms with Crippen LogP contribution in [-0.4, -0.2) is 27.0 Å². The molecule has 0 aliphatic heterocycles. The normalized spacial score (nSPS) is 10.3. The zero-order chi connectivity index (χ0) is 23.9. The summed E-state index contributed by atoms with van der Waals surface area (Å²) in [7, 11) is 0. The quantitative estimate of drug-likeness (QED) is 0.266. The third-order valence-electron chi connectivity index (χ3n) is 4.28. The lowest BCUT2D eigenvalue weighted by molar-refractivity contribution is 0.261. The standard InChI is InChI=1S/C23H17Cl2N7O2/c24-15-8-4-10-17(12-15)26-22(33)31-20-28-19(14-6-2-1-3-7-14)29-21(30-20)32-23(34)27-18-11-5-9-16(25)13-18/h1-13H,(H4,26,27,28,29,30,31,32,33,34). The first kappa shape index (κ1) is 23.0. The summed E-state index contributed by atoms with van der Waals surface area (Å²) >= 11 is 11.9. The number of hydrogen-bond donors (Lipinski definition) is 4. The molecule has 0 saturated carbocycles. The van der Waals surface area contributed by atoms with Crippen LogP contribution in [0.15, 0.2) is 78.9 Å². The van der Waals surface area contributed by atoms with Crippen molar-refractivity contribution >= 4 is 58.5 Å². The second-order valence-electron chi connectivity index (χ2n) is 6.85. The highest BCUT2D eigenvalue weighted by Crippen LogP contribution is 2.19. The lowest BCUT2D eigenvalue weighted by Gasteiger charge is -2.11. The molecule has 9 nitrogen and oxygen atoms in total. The smallest absolute Gasteiger partial charge is 0.308 e. The Labute approximate surface area is 204 Å². The van der Waals surface area contributed by atoms with Crippen LogP contribution in [0.1, 0.15) is 0 Å². The topological polar surface area (TPSA) is 121 Å². The molecule has 0 fully saturated rings. The molecule has 4 aromatic rings. The van der Waals surface area contributed by atoms with Crippen LogP contribution in [0.5, 0.6) is 0 Å². The van der Waals surface area contributed by atoms with Gasteiger partial charge in [0, 0.05) is 27.0 Å². The monoisotopic (exact) mass is 493 g/mol. The Kier molecular flexibility index (Phi) is 7.16.